The van der Waals surface area contributed by atoms with E-state index in [1.807, 2.05) is 6.92 Å². The quantitative estimate of drug-likeness (QED) is 0.727. The van der Waals surface area contributed by atoms with E-state index in [9.17, 15) is 14.4 Å². The van der Waals surface area contributed by atoms with E-state index in [2.05, 4.69) is 5.10 Å². The molecule has 0 saturated heterocycles. The third-order valence-corrected chi connectivity index (χ3v) is 2.39. The van der Waals surface area contributed by atoms with Crippen LogP contribution in [0.25, 0.3) is 0 Å². The number of unbranched alkanes of at least 4 members (excludes halogenated alkanes) is 2. The molecule has 0 aromatic carbocycles. The van der Waals surface area contributed by atoms with Crippen LogP contribution in [0.3, 0.4) is 0 Å². The molecule has 1 rings (SSSR count). The maximum atomic E-state index is 11.5. The van der Waals surface area contributed by atoms with Gasteiger partial charge in [0.15, 0.2) is 0 Å². The lowest BCUT2D eigenvalue weighted by atomic mass is 10.2. The molecule has 2 N–H and O–H groups in total. The fourth-order valence-electron chi connectivity index (χ4n) is 1.47. The molecule has 0 bridgehead atoms. The van der Waals surface area contributed by atoms with Crippen LogP contribution in [-0.4, -0.2) is 31.9 Å². The number of carboxylic acids is 2. The van der Waals surface area contributed by atoms with Gasteiger partial charge in [-0.05, 0) is 6.42 Å². The van der Waals surface area contributed by atoms with Gasteiger partial charge in [0.2, 0.25) is 11.1 Å². The lowest BCUT2D eigenvalue weighted by Crippen LogP contribution is -2.27. The largest absolute Gasteiger partial charge is 0.477 e. The van der Waals surface area contributed by atoms with Crippen LogP contribution in [0.5, 0.6) is 0 Å². The lowest BCUT2D eigenvalue weighted by Gasteiger charge is -2.07. The second-order valence-electron chi connectivity index (χ2n) is 3.80. The van der Waals surface area contributed by atoms with Gasteiger partial charge in [-0.15, -0.1) is 0 Å². The second kappa shape index (κ2) is 5.95. The summed E-state index contributed by atoms with van der Waals surface area (Å²) in [5.41, 5.74) is -2.40. The molecule has 7 nitrogen and oxygen atoms in total. The second-order valence-corrected chi connectivity index (χ2v) is 3.80. The number of hydrogen-bond acceptors (Lipinski definition) is 4. The average Bonchev–Trinajstić information content (AvgIpc) is 2.30. The van der Waals surface area contributed by atoms with Crippen LogP contribution < -0.4 is 5.43 Å². The normalized spacial score (nSPS) is 10.3. The lowest BCUT2D eigenvalue weighted by molar-refractivity contribution is 0.0684. The summed E-state index contributed by atoms with van der Waals surface area (Å²) in [6.07, 6.45) is 3.70. The maximum Gasteiger partial charge on any atom is 0.360 e. The molecule has 0 amide bonds. The van der Waals surface area contributed by atoms with E-state index in [0.29, 0.717) is 6.54 Å². The molecular formula is C11H14N2O5. The van der Waals surface area contributed by atoms with Crippen molar-refractivity contribution in [2.75, 3.05) is 0 Å². The van der Waals surface area contributed by atoms with Crippen molar-refractivity contribution in [3.8, 4) is 0 Å². The summed E-state index contributed by atoms with van der Waals surface area (Å²) in [6.45, 7) is 2.39. The van der Waals surface area contributed by atoms with Gasteiger partial charge in [0.05, 0.1) is 0 Å². The summed E-state index contributed by atoms with van der Waals surface area (Å²) in [7, 11) is 0. The Labute approximate surface area is 103 Å². The molecule has 1 aromatic rings. The fourth-order valence-corrected chi connectivity index (χ4v) is 1.47. The summed E-state index contributed by atoms with van der Waals surface area (Å²) >= 11 is 0. The number of aromatic carboxylic acids is 2. The first kappa shape index (κ1) is 13.9. The van der Waals surface area contributed by atoms with Crippen LogP contribution in [0.15, 0.2) is 11.0 Å². The summed E-state index contributed by atoms with van der Waals surface area (Å²) in [5, 5.41) is 21.3. The first-order chi connectivity index (χ1) is 8.47. The van der Waals surface area contributed by atoms with Gasteiger partial charge in [-0.1, -0.05) is 19.8 Å². The minimum atomic E-state index is -1.52. The van der Waals surface area contributed by atoms with Crippen molar-refractivity contribution in [3.05, 3.63) is 27.7 Å². The van der Waals surface area contributed by atoms with Crippen molar-refractivity contribution in [2.45, 2.75) is 32.7 Å². The Balaban J connectivity index is 3.17. The van der Waals surface area contributed by atoms with Crippen molar-refractivity contribution >= 4 is 11.9 Å². The molecule has 1 heterocycles. The number of carbonyl (C=O) groups is 2. The Kier molecular flexibility index (Phi) is 4.59. The number of aromatic nitrogens is 2. The van der Waals surface area contributed by atoms with Crippen LogP contribution >= 0.6 is 0 Å². The van der Waals surface area contributed by atoms with E-state index in [1.165, 1.54) is 4.68 Å². The van der Waals surface area contributed by atoms with E-state index in [4.69, 9.17) is 10.2 Å². The zero-order valence-electron chi connectivity index (χ0n) is 9.92. The first-order valence-corrected chi connectivity index (χ1v) is 5.55. The van der Waals surface area contributed by atoms with Crippen molar-refractivity contribution in [2.24, 2.45) is 0 Å². The number of hydrogen-bond donors (Lipinski definition) is 2. The van der Waals surface area contributed by atoms with Crippen LogP contribution in [0.2, 0.25) is 0 Å². The van der Waals surface area contributed by atoms with Gasteiger partial charge in [-0.3, -0.25) is 9.48 Å². The van der Waals surface area contributed by atoms with Gasteiger partial charge in [0.1, 0.15) is 5.56 Å². The molecule has 7 heteroatoms. The molecule has 0 fully saturated rings. The van der Waals surface area contributed by atoms with E-state index < -0.39 is 28.6 Å². The molecular weight excluding hydrogens is 240 g/mol. The minimum Gasteiger partial charge on any atom is -0.477 e. The number of aryl methyl sites for hydroxylation is 1. The number of carboxylic acid groups (broad SMARTS) is 2. The van der Waals surface area contributed by atoms with E-state index in [-0.39, 0.29) is 0 Å². The highest BCUT2D eigenvalue weighted by atomic mass is 16.4. The molecule has 0 aliphatic carbocycles. The van der Waals surface area contributed by atoms with Crippen molar-refractivity contribution < 1.29 is 19.8 Å². The highest BCUT2D eigenvalue weighted by molar-refractivity contribution is 5.91. The Bertz CT molecular complexity index is 482. The highest BCUT2D eigenvalue weighted by Crippen LogP contribution is 2.00. The molecule has 98 valence electrons. The Morgan fingerprint density at radius 1 is 1.28 bits per heavy atom. The van der Waals surface area contributed by atoms with Crippen LogP contribution in [-0.2, 0) is 6.54 Å². The monoisotopic (exact) mass is 254 g/mol. The molecule has 0 radical (unpaired) electrons. The first-order valence-electron chi connectivity index (χ1n) is 5.55. The molecule has 0 atom stereocenters. The molecule has 0 saturated carbocycles. The SMILES string of the molecule is CCCCCn1cc(C(=O)O)c(=O)c(C(=O)O)n1. The summed E-state index contributed by atoms with van der Waals surface area (Å²) in [6, 6.07) is 0. The van der Waals surface area contributed by atoms with Crippen molar-refractivity contribution in [1.82, 2.24) is 9.78 Å². The van der Waals surface area contributed by atoms with Crippen LogP contribution in [0.1, 0.15) is 47.0 Å². The predicted octanol–water partition coefficient (Wildman–Crippen LogP) is 0.830. The van der Waals surface area contributed by atoms with Gasteiger partial charge >= 0.3 is 11.9 Å². The number of nitrogens with zero attached hydrogens (tertiary/aromatic N) is 2. The zero-order valence-corrected chi connectivity index (χ0v) is 9.92. The Morgan fingerprint density at radius 2 is 1.94 bits per heavy atom. The Hall–Kier alpha value is -2.18. The predicted molar refractivity (Wildman–Crippen MR) is 61.9 cm³/mol. The van der Waals surface area contributed by atoms with E-state index >= 15 is 0 Å². The van der Waals surface area contributed by atoms with E-state index in [0.717, 1.165) is 25.5 Å². The molecule has 18 heavy (non-hydrogen) atoms. The van der Waals surface area contributed by atoms with Crippen LogP contribution in [0, 0.1) is 0 Å². The average molecular weight is 254 g/mol. The van der Waals surface area contributed by atoms with Gasteiger partial charge in [0, 0.05) is 12.7 Å². The smallest absolute Gasteiger partial charge is 0.360 e. The molecule has 0 spiro atoms. The third-order valence-electron chi connectivity index (χ3n) is 2.39. The molecule has 0 unspecified atom stereocenters. The Morgan fingerprint density at radius 3 is 2.44 bits per heavy atom. The summed E-state index contributed by atoms with van der Waals surface area (Å²) in [5.74, 6) is -2.97. The highest BCUT2D eigenvalue weighted by Gasteiger charge is 2.19. The van der Waals surface area contributed by atoms with Gasteiger partial charge in [-0.25, -0.2) is 9.59 Å². The topological polar surface area (TPSA) is 109 Å². The number of rotatable bonds is 6. The van der Waals surface area contributed by atoms with Gasteiger partial charge in [0.25, 0.3) is 0 Å². The van der Waals surface area contributed by atoms with Crippen LogP contribution in [0.4, 0.5) is 0 Å². The molecule has 0 aliphatic rings. The summed E-state index contributed by atoms with van der Waals surface area (Å²) < 4.78 is 1.20. The maximum absolute atomic E-state index is 11.5. The standard InChI is InChI=1S/C11H14N2O5/c1-2-3-4-5-13-6-7(10(15)16)9(14)8(12-13)11(17)18/h6H,2-5H2,1H3,(H,15,16)(H,17,18). The summed E-state index contributed by atoms with van der Waals surface area (Å²) in [4.78, 5) is 33.2. The zero-order chi connectivity index (χ0) is 13.7. The third kappa shape index (κ3) is 3.16. The van der Waals surface area contributed by atoms with Gasteiger partial charge < -0.3 is 10.2 Å². The van der Waals surface area contributed by atoms with Crippen molar-refractivity contribution in [1.29, 1.82) is 0 Å². The minimum absolute atomic E-state index is 0.384. The molecule has 0 aliphatic heterocycles. The van der Waals surface area contributed by atoms with E-state index in [1.54, 1.807) is 0 Å². The van der Waals surface area contributed by atoms with Gasteiger partial charge in [-0.2, -0.15) is 5.10 Å². The van der Waals surface area contributed by atoms with Crippen molar-refractivity contribution in [3.63, 3.8) is 0 Å². The molecule has 1 aromatic heterocycles. The fraction of sp³-hybridized carbons (Fsp3) is 0.455.